The summed E-state index contributed by atoms with van der Waals surface area (Å²) in [4.78, 5) is 8.24. The van der Waals surface area contributed by atoms with E-state index in [1.54, 1.807) is 0 Å². The topological polar surface area (TPSA) is 46.5 Å². The Hall–Kier alpha value is 0.0800. The Morgan fingerprint density at radius 1 is 1.36 bits per heavy atom. The highest BCUT2D eigenvalue weighted by Crippen LogP contribution is 2.46. The predicted molar refractivity (Wildman–Crippen MR) is 54.9 cm³/mol. The quantitative estimate of drug-likeness (QED) is 0.728. The van der Waals surface area contributed by atoms with Crippen LogP contribution < -0.4 is 0 Å². The van der Waals surface area contributed by atoms with Crippen LogP contribution in [0.3, 0.4) is 0 Å². The molecule has 0 amide bonds. The SMILES string of the molecule is CCC.O=P(O)(F)OC1CCCCC1. The maximum atomic E-state index is 12.1. The van der Waals surface area contributed by atoms with Crippen molar-refractivity contribution >= 4 is 7.91 Å². The first-order valence-electron chi connectivity index (χ1n) is 5.20. The minimum atomic E-state index is -4.73. The first-order valence-corrected chi connectivity index (χ1v) is 6.67. The molecule has 3 nitrogen and oxygen atoms in total. The van der Waals surface area contributed by atoms with E-state index >= 15 is 0 Å². The van der Waals surface area contributed by atoms with E-state index in [0.29, 0.717) is 12.8 Å². The lowest BCUT2D eigenvalue weighted by atomic mass is 9.98. The molecule has 1 aliphatic carbocycles. The molecule has 0 saturated heterocycles. The van der Waals surface area contributed by atoms with Crippen LogP contribution in [0.15, 0.2) is 0 Å². The fraction of sp³-hybridized carbons (Fsp3) is 1.00. The molecule has 0 aliphatic heterocycles. The summed E-state index contributed by atoms with van der Waals surface area (Å²) in [6, 6.07) is 0. The van der Waals surface area contributed by atoms with Gasteiger partial charge in [0.1, 0.15) is 0 Å². The summed E-state index contributed by atoms with van der Waals surface area (Å²) in [5.41, 5.74) is 0. The van der Waals surface area contributed by atoms with Crippen molar-refractivity contribution in [3.05, 3.63) is 0 Å². The maximum absolute atomic E-state index is 12.1. The van der Waals surface area contributed by atoms with Crippen LogP contribution in [-0.2, 0) is 9.09 Å². The van der Waals surface area contributed by atoms with Crippen molar-refractivity contribution in [3.63, 3.8) is 0 Å². The van der Waals surface area contributed by atoms with Crippen LogP contribution in [0, 0.1) is 0 Å². The van der Waals surface area contributed by atoms with Crippen molar-refractivity contribution in [2.24, 2.45) is 0 Å². The summed E-state index contributed by atoms with van der Waals surface area (Å²) < 4.78 is 26.5. The summed E-state index contributed by atoms with van der Waals surface area (Å²) in [7, 11) is -4.73. The number of rotatable bonds is 2. The monoisotopic (exact) mass is 226 g/mol. The van der Waals surface area contributed by atoms with Crippen LogP contribution in [0.4, 0.5) is 4.20 Å². The van der Waals surface area contributed by atoms with Gasteiger partial charge in [-0.2, -0.15) is 0 Å². The van der Waals surface area contributed by atoms with Crippen molar-refractivity contribution in [1.29, 1.82) is 0 Å². The van der Waals surface area contributed by atoms with Gasteiger partial charge < -0.3 is 0 Å². The van der Waals surface area contributed by atoms with Gasteiger partial charge in [-0.3, -0.25) is 9.42 Å². The number of hydrogen-bond donors (Lipinski definition) is 1. The highest BCUT2D eigenvalue weighted by Gasteiger charge is 2.25. The third-order valence-corrected chi connectivity index (χ3v) is 2.39. The van der Waals surface area contributed by atoms with Crippen LogP contribution in [0.1, 0.15) is 52.4 Å². The van der Waals surface area contributed by atoms with Crippen LogP contribution in [0.2, 0.25) is 0 Å². The predicted octanol–water partition coefficient (Wildman–Crippen LogP) is 3.82. The molecular formula is C9H20FO3P. The number of halogens is 1. The van der Waals surface area contributed by atoms with E-state index in [-0.39, 0.29) is 6.10 Å². The van der Waals surface area contributed by atoms with Crippen molar-refractivity contribution in [3.8, 4) is 0 Å². The molecule has 0 radical (unpaired) electrons. The zero-order valence-corrected chi connectivity index (χ0v) is 9.80. The van der Waals surface area contributed by atoms with E-state index in [1.165, 1.54) is 6.42 Å². The van der Waals surface area contributed by atoms with Crippen LogP contribution in [-0.4, -0.2) is 11.0 Å². The van der Waals surface area contributed by atoms with Crippen LogP contribution >= 0.6 is 7.91 Å². The van der Waals surface area contributed by atoms with Gasteiger partial charge in [-0.05, 0) is 12.8 Å². The Balaban J connectivity index is 0.000000500. The molecular weight excluding hydrogens is 206 g/mol. The summed E-state index contributed by atoms with van der Waals surface area (Å²) >= 11 is 0. The molecule has 1 N–H and O–H groups in total. The Morgan fingerprint density at radius 3 is 2.14 bits per heavy atom. The van der Waals surface area contributed by atoms with Crippen molar-refractivity contribution < 1.29 is 18.2 Å². The second kappa shape index (κ2) is 7.38. The lowest BCUT2D eigenvalue weighted by molar-refractivity contribution is 0.119. The molecule has 0 heterocycles. The first kappa shape index (κ1) is 14.1. The van der Waals surface area contributed by atoms with E-state index in [4.69, 9.17) is 4.89 Å². The van der Waals surface area contributed by atoms with E-state index in [2.05, 4.69) is 18.4 Å². The molecule has 0 aromatic carbocycles. The average Bonchev–Trinajstić information content (AvgIpc) is 2.04. The van der Waals surface area contributed by atoms with Crippen molar-refractivity contribution in [2.45, 2.75) is 58.5 Å². The molecule has 5 heteroatoms. The van der Waals surface area contributed by atoms with Gasteiger partial charge in [-0.25, -0.2) is 4.57 Å². The molecule has 1 unspecified atom stereocenters. The molecule has 1 saturated carbocycles. The smallest absolute Gasteiger partial charge is 0.299 e. The van der Waals surface area contributed by atoms with E-state index < -0.39 is 7.91 Å². The third-order valence-electron chi connectivity index (χ3n) is 1.83. The number of hydrogen-bond acceptors (Lipinski definition) is 2. The minimum absolute atomic E-state index is 0.343. The Bertz CT molecular complexity index is 175. The van der Waals surface area contributed by atoms with Crippen molar-refractivity contribution in [2.75, 3.05) is 0 Å². The molecule has 0 spiro atoms. The van der Waals surface area contributed by atoms with Gasteiger partial charge in [0, 0.05) is 0 Å². The van der Waals surface area contributed by atoms with E-state index in [0.717, 1.165) is 19.3 Å². The third kappa shape index (κ3) is 8.67. The Morgan fingerprint density at radius 2 is 1.79 bits per heavy atom. The zero-order chi connectivity index (χ0) is 11.0. The highest BCUT2D eigenvalue weighted by atomic mass is 31.2. The molecule has 86 valence electrons. The molecule has 1 atom stereocenters. The van der Waals surface area contributed by atoms with Gasteiger partial charge in [0.2, 0.25) is 0 Å². The van der Waals surface area contributed by atoms with Gasteiger partial charge in [-0.15, -0.1) is 4.20 Å². The van der Waals surface area contributed by atoms with Gasteiger partial charge >= 0.3 is 7.91 Å². The normalized spacial score (nSPS) is 22.0. The lowest BCUT2D eigenvalue weighted by Gasteiger charge is -2.20. The second-order valence-electron chi connectivity index (χ2n) is 3.52. The van der Waals surface area contributed by atoms with Gasteiger partial charge in [-0.1, -0.05) is 39.5 Å². The maximum Gasteiger partial charge on any atom is 0.510 e. The lowest BCUT2D eigenvalue weighted by Crippen LogP contribution is -2.14. The van der Waals surface area contributed by atoms with Crippen LogP contribution in [0.25, 0.3) is 0 Å². The standard InChI is InChI=1S/C6H12FO3P.C3H8/c7-11(8,9)10-6-4-2-1-3-5-6;1-3-2/h6H,1-5H2,(H,8,9);3H2,1-2H3. The zero-order valence-electron chi connectivity index (χ0n) is 8.91. The highest BCUT2D eigenvalue weighted by molar-refractivity contribution is 7.46. The minimum Gasteiger partial charge on any atom is -0.299 e. The van der Waals surface area contributed by atoms with Gasteiger partial charge in [0.15, 0.2) is 0 Å². The average molecular weight is 226 g/mol. The summed E-state index contributed by atoms with van der Waals surface area (Å²) in [5, 5.41) is 0. The summed E-state index contributed by atoms with van der Waals surface area (Å²) in [5.74, 6) is 0. The Kier molecular flexibility index (Phi) is 7.42. The molecule has 0 aromatic heterocycles. The van der Waals surface area contributed by atoms with Crippen LogP contribution in [0.5, 0.6) is 0 Å². The molecule has 0 aromatic rings. The molecule has 1 rings (SSSR count). The van der Waals surface area contributed by atoms with Gasteiger partial charge in [0.25, 0.3) is 0 Å². The van der Waals surface area contributed by atoms with E-state index in [1.807, 2.05) is 0 Å². The van der Waals surface area contributed by atoms with Crippen molar-refractivity contribution in [1.82, 2.24) is 0 Å². The fourth-order valence-electron chi connectivity index (χ4n) is 1.35. The molecule has 14 heavy (non-hydrogen) atoms. The summed E-state index contributed by atoms with van der Waals surface area (Å²) in [6.07, 6.45) is 5.35. The fourth-order valence-corrected chi connectivity index (χ4v) is 1.93. The molecule has 1 fully saturated rings. The first-order chi connectivity index (χ1) is 6.49. The molecule has 0 bridgehead atoms. The summed E-state index contributed by atoms with van der Waals surface area (Å²) in [6.45, 7) is 4.25. The largest absolute Gasteiger partial charge is 0.510 e. The second-order valence-corrected chi connectivity index (χ2v) is 4.64. The molecule has 1 aliphatic rings. The van der Waals surface area contributed by atoms with E-state index in [9.17, 15) is 8.76 Å². The Labute approximate surface area is 85.3 Å². The van der Waals surface area contributed by atoms with Gasteiger partial charge in [0.05, 0.1) is 6.10 Å².